The molecule has 0 radical (unpaired) electrons. The van der Waals surface area contributed by atoms with Gasteiger partial charge in [-0.15, -0.1) is 4.91 Å². The zero-order valence-corrected chi connectivity index (χ0v) is 14.6. The van der Waals surface area contributed by atoms with Gasteiger partial charge in [-0.3, -0.25) is 14.5 Å². The SMILES string of the molecule is C=C(C)N1CCn2ncc(N3CC(c4ccccn4)C(N=O)C3=O)c2C1. The lowest BCUT2D eigenvalue weighted by Crippen LogP contribution is -2.35. The van der Waals surface area contributed by atoms with E-state index in [1.165, 1.54) is 0 Å². The molecule has 4 rings (SSSR count). The summed E-state index contributed by atoms with van der Waals surface area (Å²) in [6.45, 7) is 8.57. The summed E-state index contributed by atoms with van der Waals surface area (Å²) in [5.74, 6) is -0.642. The van der Waals surface area contributed by atoms with Crippen molar-refractivity contribution in [1.29, 1.82) is 0 Å². The Morgan fingerprint density at radius 3 is 2.88 bits per heavy atom. The predicted molar refractivity (Wildman–Crippen MR) is 96.4 cm³/mol. The lowest BCUT2D eigenvalue weighted by Gasteiger charge is -2.31. The van der Waals surface area contributed by atoms with Crippen molar-refractivity contribution in [3.05, 3.63) is 59.2 Å². The van der Waals surface area contributed by atoms with E-state index >= 15 is 0 Å². The molecule has 0 N–H and O–H groups in total. The van der Waals surface area contributed by atoms with Gasteiger partial charge in [0.25, 0.3) is 5.91 Å². The number of pyridine rings is 1. The van der Waals surface area contributed by atoms with Crippen LogP contribution in [0.4, 0.5) is 5.69 Å². The van der Waals surface area contributed by atoms with Gasteiger partial charge in [-0.05, 0) is 19.1 Å². The van der Waals surface area contributed by atoms with Crippen LogP contribution in [0.5, 0.6) is 0 Å². The van der Waals surface area contributed by atoms with E-state index in [0.29, 0.717) is 18.8 Å². The van der Waals surface area contributed by atoms with Gasteiger partial charge in [0.05, 0.1) is 36.6 Å². The van der Waals surface area contributed by atoms with Crippen LogP contribution in [0, 0.1) is 4.91 Å². The fraction of sp³-hybridized carbons (Fsp3) is 0.389. The second kappa shape index (κ2) is 6.36. The summed E-state index contributed by atoms with van der Waals surface area (Å²) in [6, 6.07) is 4.53. The maximum atomic E-state index is 12.9. The second-order valence-corrected chi connectivity index (χ2v) is 6.72. The van der Waals surface area contributed by atoms with Crippen molar-refractivity contribution in [2.24, 2.45) is 5.18 Å². The molecule has 1 amide bonds. The van der Waals surface area contributed by atoms with Gasteiger partial charge in [0, 0.05) is 30.7 Å². The van der Waals surface area contributed by atoms with Gasteiger partial charge < -0.3 is 9.80 Å². The molecule has 2 aliphatic heterocycles. The number of nitrogens with zero attached hydrogens (tertiary/aromatic N) is 6. The quantitative estimate of drug-likeness (QED) is 0.785. The molecule has 134 valence electrons. The van der Waals surface area contributed by atoms with Crippen LogP contribution < -0.4 is 4.90 Å². The molecule has 2 aliphatic rings. The molecule has 4 heterocycles. The highest BCUT2D eigenvalue weighted by Gasteiger charge is 2.45. The van der Waals surface area contributed by atoms with Gasteiger partial charge in [-0.1, -0.05) is 17.8 Å². The fourth-order valence-electron chi connectivity index (χ4n) is 3.69. The number of carbonyl (C=O) groups excluding carboxylic acids is 1. The smallest absolute Gasteiger partial charge is 0.256 e. The molecular formula is C18H20N6O2. The van der Waals surface area contributed by atoms with Gasteiger partial charge in [-0.25, -0.2) is 0 Å². The third-order valence-corrected chi connectivity index (χ3v) is 5.14. The first kappa shape index (κ1) is 16.4. The molecular weight excluding hydrogens is 332 g/mol. The molecule has 0 spiro atoms. The highest BCUT2D eigenvalue weighted by atomic mass is 16.3. The fourth-order valence-corrected chi connectivity index (χ4v) is 3.69. The number of anilines is 1. The standard InChI is InChI=1S/C18H20N6O2/c1-12(2)22-7-8-24-16(11-22)15(9-20-24)23-10-13(17(21-26)18(23)25)14-5-3-4-6-19-14/h3-6,9,13,17H,1,7-8,10-11H2,2H3. The number of hydrogen-bond acceptors (Lipinski definition) is 6. The minimum atomic E-state index is -0.957. The van der Waals surface area contributed by atoms with E-state index in [1.807, 2.05) is 29.8 Å². The van der Waals surface area contributed by atoms with Crippen LogP contribution in [-0.2, 0) is 17.9 Å². The van der Waals surface area contributed by atoms with Crippen LogP contribution >= 0.6 is 0 Å². The van der Waals surface area contributed by atoms with E-state index in [9.17, 15) is 9.70 Å². The third kappa shape index (κ3) is 2.58. The first-order valence-corrected chi connectivity index (χ1v) is 8.60. The van der Waals surface area contributed by atoms with E-state index in [2.05, 4.69) is 26.7 Å². The summed E-state index contributed by atoms with van der Waals surface area (Å²) in [4.78, 5) is 32.3. The van der Waals surface area contributed by atoms with Crippen LogP contribution in [0.25, 0.3) is 0 Å². The first-order chi connectivity index (χ1) is 12.6. The average molecular weight is 352 g/mol. The van der Waals surface area contributed by atoms with E-state index in [0.717, 1.165) is 30.2 Å². The minimum Gasteiger partial charge on any atom is -0.368 e. The molecule has 26 heavy (non-hydrogen) atoms. The van der Waals surface area contributed by atoms with Crippen molar-refractivity contribution in [3.8, 4) is 0 Å². The lowest BCUT2D eigenvalue weighted by atomic mass is 9.99. The third-order valence-electron chi connectivity index (χ3n) is 5.14. The van der Waals surface area contributed by atoms with E-state index in [1.54, 1.807) is 17.3 Å². The summed E-state index contributed by atoms with van der Waals surface area (Å²) in [7, 11) is 0. The predicted octanol–water partition coefficient (Wildman–Crippen LogP) is 1.89. The molecule has 2 unspecified atom stereocenters. The highest BCUT2D eigenvalue weighted by molar-refractivity contribution is 6.01. The Bertz CT molecular complexity index is 862. The zero-order chi connectivity index (χ0) is 18.3. The maximum absolute atomic E-state index is 12.9. The molecule has 2 atom stereocenters. The van der Waals surface area contributed by atoms with Crippen LogP contribution in [0.15, 0.2) is 48.0 Å². The van der Waals surface area contributed by atoms with Crippen molar-refractivity contribution < 1.29 is 4.79 Å². The minimum absolute atomic E-state index is 0.293. The molecule has 1 fully saturated rings. The van der Waals surface area contributed by atoms with E-state index in [-0.39, 0.29) is 11.8 Å². The Labute approximate surface area is 151 Å². The Balaban J connectivity index is 1.67. The number of amides is 1. The van der Waals surface area contributed by atoms with Crippen molar-refractivity contribution in [3.63, 3.8) is 0 Å². The number of fused-ring (bicyclic) bond motifs is 1. The normalized spacial score (nSPS) is 22.4. The second-order valence-electron chi connectivity index (χ2n) is 6.72. The molecule has 1 saturated heterocycles. The van der Waals surface area contributed by atoms with Crippen LogP contribution in [0.2, 0.25) is 0 Å². The summed E-state index contributed by atoms with van der Waals surface area (Å²) in [5, 5.41) is 7.53. The number of rotatable bonds is 4. The first-order valence-electron chi connectivity index (χ1n) is 8.60. The Morgan fingerprint density at radius 1 is 1.35 bits per heavy atom. The van der Waals surface area contributed by atoms with Crippen LogP contribution in [0.1, 0.15) is 24.2 Å². The van der Waals surface area contributed by atoms with Crippen molar-refractivity contribution in [2.75, 3.05) is 18.0 Å². The van der Waals surface area contributed by atoms with E-state index in [4.69, 9.17) is 0 Å². The van der Waals surface area contributed by atoms with Gasteiger partial charge in [0.15, 0.2) is 6.04 Å². The van der Waals surface area contributed by atoms with Crippen molar-refractivity contribution in [1.82, 2.24) is 19.7 Å². The number of hydrogen-bond donors (Lipinski definition) is 0. The molecule has 0 aromatic carbocycles. The van der Waals surface area contributed by atoms with Gasteiger partial charge >= 0.3 is 0 Å². The Morgan fingerprint density at radius 2 is 2.19 bits per heavy atom. The zero-order valence-electron chi connectivity index (χ0n) is 14.6. The molecule has 0 aliphatic carbocycles. The van der Waals surface area contributed by atoms with Gasteiger partial charge in [-0.2, -0.15) is 5.10 Å². The van der Waals surface area contributed by atoms with Crippen molar-refractivity contribution in [2.45, 2.75) is 32.0 Å². The molecule has 0 bridgehead atoms. The summed E-state index contributed by atoms with van der Waals surface area (Å²) in [6.07, 6.45) is 3.37. The highest BCUT2D eigenvalue weighted by Crippen LogP contribution is 2.35. The molecule has 2 aromatic rings. The maximum Gasteiger partial charge on any atom is 0.256 e. The summed E-state index contributed by atoms with van der Waals surface area (Å²) in [5.41, 5.74) is 3.39. The van der Waals surface area contributed by atoms with E-state index < -0.39 is 6.04 Å². The monoisotopic (exact) mass is 352 g/mol. The number of allylic oxidation sites excluding steroid dienone is 1. The van der Waals surface area contributed by atoms with Gasteiger partial charge in [0.1, 0.15) is 0 Å². The van der Waals surface area contributed by atoms with Crippen LogP contribution in [-0.4, -0.2) is 44.7 Å². The van der Waals surface area contributed by atoms with Crippen LogP contribution in [0.3, 0.4) is 0 Å². The summed E-state index contributed by atoms with van der Waals surface area (Å²) < 4.78 is 1.92. The Kier molecular flexibility index (Phi) is 4.02. The topological polar surface area (TPSA) is 83.7 Å². The largest absolute Gasteiger partial charge is 0.368 e. The average Bonchev–Trinajstić information content (AvgIpc) is 3.22. The van der Waals surface area contributed by atoms with Crippen molar-refractivity contribution >= 4 is 11.6 Å². The molecule has 2 aromatic heterocycles. The molecule has 8 heteroatoms. The Hall–Kier alpha value is -3.03. The lowest BCUT2D eigenvalue weighted by molar-refractivity contribution is -0.118. The number of aromatic nitrogens is 3. The molecule has 0 saturated carbocycles. The number of carbonyl (C=O) groups is 1. The summed E-state index contributed by atoms with van der Waals surface area (Å²) >= 11 is 0. The van der Waals surface area contributed by atoms with Gasteiger partial charge in [0.2, 0.25) is 0 Å². The molecule has 8 nitrogen and oxygen atoms in total. The number of nitroso groups, excluding NO2 is 1.